The van der Waals surface area contributed by atoms with Gasteiger partial charge in [0.25, 0.3) is 0 Å². The Labute approximate surface area is 181 Å². The minimum absolute atomic E-state index is 0.253. The minimum atomic E-state index is -3.49. The van der Waals surface area contributed by atoms with E-state index in [-0.39, 0.29) is 4.90 Å². The van der Waals surface area contributed by atoms with Crippen LogP contribution in [0.15, 0.2) is 46.2 Å². The molecule has 0 amide bonds. The number of sulfonamides is 1. The Balaban J connectivity index is 1.60. The van der Waals surface area contributed by atoms with Crippen LogP contribution in [-0.2, 0) is 22.3 Å². The Bertz CT molecular complexity index is 1170. The van der Waals surface area contributed by atoms with Gasteiger partial charge in [0.2, 0.25) is 10.0 Å². The second-order valence-electron chi connectivity index (χ2n) is 7.16. The highest BCUT2D eigenvalue weighted by molar-refractivity contribution is 7.98. The summed E-state index contributed by atoms with van der Waals surface area (Å²) in [6.07, 6.45) is 0.878. The summed E-state index contributed by atoms with van der Waals surface area (Å²) in [7, 11) is -0.434. The first-order valence-corrected chi connectivity index (χ1v) is 12.3. The minimum Gasteiger partial charge on any atom is -0.490 e. The number of hydrogen-bond acceptors (Lipinski definition) is 6. The number of nitrogens with zero attached hydrogens (tertiary/aromatic N) is 3. The van der Waals surface area contributed by atoms with Crippen LogP contribution in [0.2, 0.25) is 0 Å². The van der Waals surface area contributed by atoms with Crippen LogP contribution in [0, 0.1) is 0 Å². The van der Waals surface area contributed by atoms with Crippen molar-refractivity contribution in [2.24, 2.45) is 0 Å². The Hall–Kier alpha value is -2.23. The highest BCUT2D eigenvalue weighted by atomic mass is 32.2. The van der Waals surface area contributed by atoms with Gasteiger partial charge >= 0.3 is 0 Å². The van der Waals surface area contributed by atoms with Gasteiger partial charge in [-0.1, -0.05) is 0 Å². The van der Waals surface area contributed by atoms with E-state index in [4.69, 9.17) is 14.5 Å². The molecule has 160 valence electrons. The van der Waals surface area contributed by atoms with E-state index in [1.807, 2.05) is 24.3 Å². The average molecular weight is 448 g/mol. The van der Waals surface area contributed by atoms with Crippen LogP contribution in [0.25, 0.3) is 11.0 Å². The van der Waals surface area contributed by atoms with Gasteiger partial charge in [-0.3, -0.25) is 0 Å². The normalized spacial score (nSPS) is 14.3. The van der Waals surface area contributed by atoms with Gasteiger partial charge in [0.1, 0.15) is 5.82 Å². The Morgan fingerprint density at radius 2 is 1.87 bits per heavy atom. The summed E-state index contributed by atoms with van der Waals surface area (Å²) in [6.45, 7) is 4.15. The van der Waals surface area contributed by atoms with E-state index < -0.39 is 10.0 Å². The number of hydrogen-bond donors (Lipinski definition) is 0. The first kappa shape index (κ1) is 21.0. The predicted octanol–water partition coefficient (Wildman–Crippen LogP) is 3.76. The molecule has 2 heterocycles. The first-order chi connectivity index (χ1) is 14.4. The SMILES string of the molecule is CCn1c(CSc2ccc3c(c2)OCCCO3)nc2cc(S(=O)(=O)N(C)C)ccc21. The third-order valence-corrected chi connectivity index (χ3v) is 7.78. The van der Waals surface area contributed by atoms with Crippen molar-refractivity contribution < 1.29 is 17.9 Å². The molecule has 0 bridgehead atoms. The maximum atomic E-state index is 12.5. The topological polar surface area (TPSA) is 73.7 Å². The van der Waals surface area contributed by atoms with Crippen LogP contribution in [0.1, 0.15) is 19.2 Å². The monoisotopic (exact) mass is 447 g/mol. The second-order valence-corrected chi connectivity index (χ2v) is 10.4. The summed E-state index contributed by atoms with van der Waals surface area (Å²) in [5.74, 6) is 3.13. The van der Waals surface area contributed by atoms with Crippen molar-refractivity contribution in [3.63, 3.8) is 0 Å². The number of fused-ring (bicyclic) bond motifs is 2. The van der Waals surface area contributed by atoms with Gasteiger partial charge < -0.3 is 14.0 Å². The molecule has 0 spiro atoms. The molecule has 1 aliphatic rings. The molecule has 2 aromatic carbocycles. The van der Waals surface area contributed by atoms with Gasteiger partial charge in [0, 0.05) is 32.0 Å². The quantitative estimate of drug-likeness (QED) is 0.536. The molecule has 4 rings (SSSR count). The van der Waals surface area contributed by atoms with Gasteiger partial charge in [-0.2, -0.15) is 0 Å². The standard InChI is InChI=1S/C21H25N3O4S2/c1-4-24-18-8-7-16(30(25,26)23(2)3)13-17(18)22-21(24)14-29-15-6-9-19-20(12-15)28-11-5-10-27-19/h6-9,12-13H,4-5,10-11,14H2,1-3H3. The van der Waals surface area contributed by atoms with Crippen LogP contribution < -0.4 is 9.47 Å². The van der Waals surface area contributed by atoms with Crippen molar-refractivity contribution in [2.45, 2.75) is 35.4 Å². The number of rotatable bonds is 6. The number of aromatic nitrogens is 2. The maximum Gasteiger partial charge on any atom is 0.242 e. The van der Waals surface area contributed by atoms with Gasteiger partial charge in [0.05, 0.1) is 34.9 Å². The summed E-state index contributed by atoms with van der Waals surface area (Å²) in [4.78, 5) is 6.06. The molecular formula is C21H25N3O4S2. The number of imidazole rings is 1. The van der Waals surface area contributed by atoms with Crippen LogP contribution in [0.5, 0.6) is 11.5 Å². The lowest BCUT2D eigenvalue weighted by atomic mass is 10.3. The lowest BCUT2D eigenvalue weighted by Gasteiger charge is -2.11. The number of aryl methyl sites for hydroxylation is 1. The fraction of sp³-hybridized carbons (Fsp3) is 0.381. The number of thioether (sulfide) groups is 1. The highest BCUT2D eigenvalue weighted by Gasteiger charge is 2.20. The van der Waals surface area contributed by atoms with Crippen LogP contribution in [0.3, 0.4) is 0 Å². The van der Waals surface area contributed by atoms with Gasteiger partial charge in [-0.05, 0) is 43.3 Å². The lowest BCUT2D eigenvalue weighted by molar-refractivity contribution is 0.297. The van der Waals surface area contributed by atoms with Crippen molar-refractivity contribution in [1.29, 1.82) is 0 Å². The highest BCUT2D eigenvalue weighted by Crippen LogP contribution is 2.35. The first-order valence-electron chi connectivity index (χ1n) is 9.84. The zero-order valence-corrected chi connectivity index (χ0v) is 18.9. The third kappa shape index (κ3) is 4.01. The van der Waals surface area contributed by atoms with E-state index in [2.05, 4.69) is 11.5 Å². The third-order valence-electron chi connectivity index (χ3n) is 4.98. The Kier molecular flexibility index (Phi) is 5.95. The summed E-state index contributed by atoms with van der Waals surface area (Å²) in [5, 5.41) is 0. The largest absolute Gasteiger partial charge is 0.490 e. The van der Waals surface area contributed by atoms with Crippen molar-refractivity contribution in [3.8, 4) is 11.5 Å². The van der Waals surface area contributed by atoms with E-state index in [1.54, 1.807) is 23.9 Å². The van der Waals surface area contributed by atoms with Crippen LogP contribution >= 0.6 is 11.8 Å². The van der Waals surface area contributed by atoms with E-state index in [0.717, 1.165) is 40.7 Å². The molecule has 7 nitrogen and oxygen atoms in total. The van der Waals surface area contributed by atoms with Gasteiger partial charge in [-0.15, -0.1) is 11.8 Å². The molecule has 0 radical (unpaired) electrons. The number of ether oxygens (including phenoxy) is 2. The smallest absolute Gasteiger partial charge is 0.242 e. The fourth-order valence-corrected chi connectivity index (χ4v) is 5.17. The average Bonchev–Trinajstić information content (AvgIpc) is 2.91. The van der Waals surface area contributed by atoms with E-state index in [0.29, 0.717) is 24.5 Å². The summed E-state index contributed by atoms with van der Waals surface area (Å²) < 4.78 is 39.7. The molecular weight excluding hydrogens is 422 g/mol. The van der Waals surface area contributed by atoms with E-state index in [1.165, 1.54) is 18.4 Å². The Morgan fingerprint density at radius 3 is 2.60 bits per heavy atom. The van der Waals surface area contributed by atoms with Crippen molar-refractivity contribution in [2.75, 3.05) is 27.3 Å². The molecule has 1 aromatic heterocycles. The summed E-state index contributed by atoms with van der Waals surface area (Å²) in [5.41, 5.74) is 1.62. The molecule has 3 aromatic rings. The predicted molar refractivity (Wildman–Crippen MR) is 118 cm³/mol. The van der Waals surface area contributed by atoms with Crippen LogP contribution in [0.4, 0.5) is 0 Å². The molecule has 0 atom stereocenters. The van der Waals surface area contributed by atoms with Crippen LogP contribution in [-0.4, -0.2) is 49.6 Å². The van der Waals surface area contributed by atoms with Gasteiger partial charge in [-0.25, -0.2) is 17.7 Å². The number of benzene rings is 2. The Morgan fingerprint density at radius 1 is 1.10 bits per heavy atom. The molecule has 0 aliphatic carbocycles. The van der Waals surface area contributed by atoms with Crippen molar-refractivity contribution in [1.82, 2.24) is 13.9 Å². The molecule has 30 heavy (non-hydrogen) atoms. The summed E-state index contributed by atoms with van der Waals surface area (Å²) in [6, 6.07) is 11.1. The van der Waals surface area contributed by atoms with Gasteiger partial charge in [0.15, 0.2) is 11.5 Å². The fourth-order valence-electron chi connectivity index (χ4n) is 3.38. The van der Waals surface area contributed by atoms with E-state index >= 15 is 0 Å². The summed E-state index contributed by atoms with van der Waals surface area (Å²) >= 11 is 1.67. The molecule has 9 heteroatoms. The molecule has 0 saturated heterocycles. The zero-order valence-electron chi connectivity index (χ0n) is 17.3. The van der Waals surface area contributed by atoms with Crippen molar-refractivity contribution >= 4 is 32.8 Å². The second kappa shape index (κ2) is 8.49. The molecule has 0 N–H and O–H groups in total. The molecule has 0 fully saturated rings. The molecule has 0 saturated carbocycles. The van der Waals surface area contributed by atoms with E-state index in [9.17, 15) is 8.42 Å². The lowest BCUT2D eigenvalue weighted by Crippen LogP contribution is -2.22. The zero-order chi connectivity index (χ0) is 21.3. The van der Waals surface area contributed by atoms with Crippen molar-refractivity contribution in [3.05, 3.63) is 42.2 Å². The maximum absolute atomic E-state index is 12.5. The molecule has 0 unspecified atom stereocenters. The molecule has 1 aliphatic heterocycles.